The second kappa shape index (κ2) is 7.20. The summed E-state index contributed by atoms with van der Waals surface area (Å²) >= 11 is 1.56. The molecule has 1 aromatic carbocycles. The molecule has 0 bridgehead atoms. The molecular weight excluding hydrogens is 270 g/mol. The Bertz CT molecular complexity index is 534. The van der Waals surface area contributed by atoms with Gasteiger partial charge in [0.25, 0.3) is 0 Å². The molecule has 0 aliphatic rings. The molecule has 1 N–H and O–H groups in total. The van der Waals surface area contributed by atoms with Gasteiger partial charge in [0.05, 0.1) is 17.3 Å². The first-order valence-electron chi connectivity index (χ1n) is 6.73. The normalized spacial score (nSPS) is 12.1. The maximum Gasteiger partial charge on any atom is 0.237 e. The molecule has 2 aromatic rings. The summed E-state index contributed by atoms with van der Waals surface area (Å²) in [6.07, 6.45) is 2.65. The summed E-state index contributed by atoms with van der Waals surface area (Å²) < 4.78 is 5.25. The van der Waals surface area contributed by atoms with Crippen LogP contribution in [0.5, 0.6) is 0 Å². The number of aryl methyl sites for hydroxylation is 1. The Labute approximate surface area is 123 Å². The molecule has 1 aromatic heterocycles. The molecule has 0 spiro atoms. The summed E-state index contributed by atoms with van der Waals surface area (Å²) in [5.41, 5.74) is 2.11. The van der Waals surface area contributed by atoms with Gasteiger partial charge in [0, 0.05) is 5.69 Å². The zero-order valence-corrected chi connectivity index (χ0v) is 12.6. The summed E-state index contributed by atoms with van der Waals surface area (Å²) in [5, 5.41) is 2.81. The van der Waals surface area contributed by atoms with Gasteiger partial charge in [0.2, 0.25) is 5.91 Å². The fraction of sp³-hybridized carbons (Fsp3) is 0.312. The minimum Gasteiger partial charge on any atom is -0.468 e. The Morgan fingerprint density at radius 1 is 1.30 bits per heavy atom. The van der Waals surface area contributed by atoms with Crippen molar-refractivity contribution in [2.45, 2.75) is 31.3 Å². The first kappa shape index (κ1) is 14.7. The maximum atomic E-state index is 12.1. The number of rotatable bonds is 6. The second-order valence-electron chi connectivity index (χ2n) is 4.57. The van der Waals surface area contributed by atoms with Gasteiger partial charge in [-0.1, -0.05) is 19.1 Å². The van der Waals surface area contributed by atoms with E-state index in [1.54, 1.807) is 18.0 Å². The van der Waals surface area contributed by atoms with E-state index in [0.29, 0.717) is 5.75 Å². The molecule has 0 saturated carbocycles. The number of thioether (sulfide) groups is 1. The summed E-state index contributed by atoms with van der Waals surface area (Å²) in [5.74, 6) is 1.61. The van der Waals surface area contributed by atoms with E-state index in [9.17, 15) is 4.79 Å². The highest BCUT2D eigenvalue weighted by molar-refractivity contribution is 7.99. The molecule has 0 aliphatic carbocycles. The van der Waals surface area contributed by atoms with Gasteiger partial charge in [-0.05, 0) is 43.2 Å². The molecule has 3 nitrogen and oxygen atoms in total. The third-order valence-corrected chi connectivity index (χ3v) is 4.22. The van der Waals surface area contributed by atoms with Crippen LogP contribution in [-0.2, 0) is 17.0 Å². The molecule has 0 aliphatic heterocycles. The molecule has 1 unspecified atom stereocenters. The molecule has 4 heteroatoms. The van der Waals surface area contributed by atoms with Crippen molar-refractivity contribution in [2.75, 3.05) is 5.32 Å². The van der Waals surface area contributed by atoms with Gasteiger partial charge in [0.15, 0.2) is 0 Å². The van der Waals surface area contributed by atoms with Gasteiger partial charge in [-0.25, -0.2) is 0 Å². The van der Waals surface area contributed by atoms with E-state index in [0.717, 1.165) is 17.9 Å². The Morgan fingerprint density at radius 2 is 2.05 bits per heavy atom. The van der Waals surface area contributed by atoms with E-state index >= 15 is 0 Å². The van der Waals surface area contributed by atoms with E-state index in [-0.39, 0.29) is 11.2 Å². The Kier molecular flexibility index (Phi) is 5.30. The van der Waals surface area contributed by atoms with Gasteiger partial charge >= 0.3 is 0 Å². The third kappa shape index (κ3) is 4.17. The van der Waals surface area contributed by atoms with Crippen molar-refractivity contribution in [2.24, 2.45) is 0 Å². The second-order valence-corrected chi connectivity index (χ2v) is 5.90. The van der Waals surface area contributed by atoms with Crippen molar-refractivity contribution in [3.05, 3.63) is 54.0 Å². The topological polar surface area (TPSA) is 42.2 Å². The molecule has 20 heavy (non-hydrogen) atoms. The standard InChI is InChI=1S/C16H19NO2S/c1-3-13-6-8-14(9-7-13)17-16(18)12(2)20-11-15-5-4-10-19-15/h4-10,12H,3,11H2,1-2H3,(H,17,18). The molecular formula is C16H19NO2S. The van der Waals surface area contributed by atoms with Gasteiger partial charge in [0.1, 0.15) is 5.76 Å². The van der Waals surface area contributed by atoms with Gasteiger partial charge in [-0.3, -0.25) is 4.79 Å². The van der Waals surface area contributed by atoms with E-state index < -0.39 is 0 Å². The van der Waals surface area contributed by atoms with Crippen molar-refractivity contribution in [3.63, 3.8) is 0 Å². The predicted octanol–water partition coefficient (Wildman–Crippen LogP) is 4.10. The molecule has 0 saturated heterocycles. The molecule has 2 rings (SSSR count). The van der Waals surface area contributed by atoms with Crippen LogP contribution in [0.1, 0.15) is 25.2 Å². The zero-order valence-electron chi connectivity index (χ0n) is 11.8. The highest BCUT2D eigenvalue weighted by Gasteiger charge is 2.14. The minimum absolute atomic E-state index is 0.0193. The van der Waals surface area contributed by atoms with Gasteiger partial charge < -0.3 is 9.73 Å². The average Bonchev–Trinajstić information content (AvgIpc) is 2.98. The summed E-state index contributed by atoms with van der Waals surface area (Å²) in [6, 6.07) is 11.7. The third-order valence-electron chi connectivity index (χ3n) is 3.05. The van der Waals surface area contributed by atoms with Crippen LogP contribution in [0.15, 0.2) is 47.1 Å². The SMILES string of the molecule is CCc1ccc(NC(=O)C(C)SCc2ccco2)cc1. The summed E-state index contributed by atoms with van der Waals surface area (Å²) in [7, 11) is 0. The summed E-state index contributed by atoms with van der Waals surface area (Å²) in [6.45, 7) is 4.02. The first-order chi connectivity index (χ1) is 9.69. The smallest absolute Gasteiger partial charge is 0.237 e. The lowest BCUT2D eigenvalue weighted by Crippen LogP contribution is -2.22. The van der Waals surface area contributed by atoms with Crippen LogP contribution in [-0.4, -0.2) is 11.2 Å². The Balaban J connectivity index is 1.83. The first-order valence-corrected chi connectivity index (χ1v) is 7.77. The molecule has 1 heterocycles. The van der Waals surface area contributed by atoms with Crippen LogP contribution in [0.2, 0.25) is 0 Å². The number of amides is 1. The van der Waals surface area contributed by atoms with Gasteiger partial charge in [-0.2, -0.15) is 0 Å². The zero-order chi connectivity index (χ0) is 14.4. The number of anilines is 1. The number of furan rings is 1. The van der Waals surface area contributed by atoms with Crippen LogP contribution >= 0.6 is 11.8 Å². The van der Waals surface area contributed by atoms with Crippen molar-refractivity contribution < 1.29 is 9.21 Å². The number of hydrogen-bond donors (Lipinski definition) is 1. The van der Waals surface area contributed by atoms with Crippen LogP contribution in [0.4, 0.5) is 5.69 Å². The number of carbonyl (C=O) groups is 1. The van der Waals surface area contributed by atoms with Crippen molar-refractivity contribution in [1.82, 2.24) is 0 Å². The quantitative estimate of drug-likeness (QED) is 0.870. The number of benzene rings is 1. The van der Waals surface area contributed by atoms with E-state index in [1.165, 1.54) is 5.56 Å². The predicted molar refractivity (Wildman–Crippen MR) is 83.9 cm³/mol. The molecule has 1 atom stereocenters. The monoisotopic (exact) mass is 289 g/mol. The van der Waals surface area contributed by atoms with E-state index in [1.807, 2.05) is 43.3 Å². The van der Waals surface area contributed by atoms with E-state index in [4.69, 9.17) is 4.42 Å². The lowest BCUT2D eigenvalue weighted by Gasteiger charge is -2.11. The average molecular weight is 289 g/mol. The van der Waals surface area contributed by atoms with E-state index in [2.05, 4.69) is 12.2 Å². The number of hydrogen-bond acceptors (Lipinski definition) is 3. The molecule has 0 fully saturated rings. The Morgan fingerprint density at radius 3 is 2.65 bits per heavy atom. The highest BCUT2D eigenvalue weighted by Crippen LogP contribution is 2.19. The maximum absolute atomic E-state index is 12.1. The fourth-order valence-electron chi connectivity index (χ4n) is 1.75. The van der Waals surface area contributed by atoms with Crippen molar-refractivity contribution in [1.29, 1.82) is 0 Å². The summed E-state index contributed by atoms with van der Waals surface area (Å²) in [4.78, 5) is 12.1. The number of nitrogens with one attached hydrogen (secondary N) is 1. The largest absolute Gasteiger partial charge is 0.468 e. The van der Waals surface area contributed by atoms with Crippen LogP contribution in [0.25, 0.3) is 0 Å². The molecule has 0 radical (unpaired) electrons. The lowest BCUT2D eigenvalue weighted by atomic mass is 10.1. The highest BCUT2D eigenvalue weighted by atomic mass is 32.2. The lowest BCUT2D eigenvalue weighted by molar-refractivity contribution is -0.115. The van der Waals surface area contributed by atoms with Crippen LogP contribution in [0.3, 0.4) is 0 Å². The van der Waals surface area contributed by atoms with Crippen molar-refractivity contribution in [3.8, 4) is 0 Å². The Hall–Kier alpha value is -1.68. The van der Waals surface area contributed by atoms with Crippen LogP contribution < -0.4 is 5.32 Å². The fourth-order valence-corrected chi connectivity index (χ4v) is 2.53. The molecule has 1 amide bonds. The number of carbonyl (C=O) groups excluding carboxylic acids is 1. The van der Waals surface area contributed by atoms with Crippen LogP contribution in [0, 0.1) is 0 Å². The minimum atomic E-state index is -0.119. The van der Waals surface area contributed by atoms with Gasteiger partial charge in [-0.15, -0.1) is 11.8 Å². The molecule has 106 valence electrons. The van der Waals surface area contributed by atoms with Crippen molar-refractivity contribution >= 4 is 23.4 Å².